The first kappa shape index (κ1) is 16.8. The zero-order chi connectivity index (χ0) is 16.6. The molecule has 124 valence electrons. The van der Waals surface area contributed by atoms with Gasteiger partial charge in [0, 0.05) is 24.0 Å². The van der Waals surface area contributed by atoms with Gasteiger partial charge in [0.2, 0.25) is 0 Å². The molecule has 0 aliphatic heterocycles. The average molecular weight is 339 g/mol. The molecule has 0 aliphatic rings. The highest BCUT2D eigenvalue weighted by Crippen LogP contribution is 2.20. The molecule has 3 aromatic rings. The Balaban J connectivity index is 1.59. The fourth-order valence-corrected chi connectivity index (χ4v) is 3.27. The van der Waals surface area contributed by atoms with Crippen molar-refractivity contribution in [2.75, 3.05) is 0 Å². The molecule has 0 aliphatic carbocycles. The van der Waals surface area contributed by atoms with Gasteiger partial charge in [0.05, 0.1) is 6.33 Å². The maximum atomic E-state index is 6.00. The monoisotopic (exact) mass is 338 g/mol. The molecule has 1 heterocycles. The van der Waals surface area contributed by atoms with E-state index in [-0.39, 0.29) is 0 Å². The SMILES string of the molecule is Clc1ccc(CC(CCCc2ccccc2)Cn2ccnc2)cc1. The number of hydrogen-bond donors (Lipinski definition) is 0. The van der Waals surface area contributed by atoms with Gasteiger partial charge < -0.3 is 4.57 Å². The van der Waals surface area contributed by atoms with Gasteiger partial charge in [-0.2, -0.15) is 0 Å². The minimum Gasteiger partial charge on any atom is -0.337 e. The molecule has 0 amide bonds. The Bertz CT molecular complexity index is 705. The Morgan fingerprint density at radius 3 is 2.46 bits per heavy atom. The van der Waals surface area contributed by atoms with Gasteiger partial charge in [0.25, 0.3) is 0 Å². The Morgan fingerprint density at radius 1 is 0.958 bits per heavy atom. The van der Waals surface area contributed by atoms with E-state index in [0.29, 0.717) is 5.92 Å². The van der Waals surface area contributed by atoms with Crippen molar-refractivity contribution in [1.82, 2.24) is 9.55 Å². The van der Waals surface area contributed by atoms with Crippen LogP contribution in [-0.4, -0.2) is 9.55 Å². The number of aryl methyl sites for hydroxylation is 1. The van der Waals surface area contributed by atoms with Crippen molar-refractivity contribution in [3.63, 3.8) is 0 Å². The van der Waals surface area contributed by atoms with Crippen LogP contribution in [0.15, 0.2) is 73.3 Å². The van der Waals surface area contributed by atoms with E-state index in [4.69, 9.17) is 11.6 Å². The van der Waals surface area contributed by atoms with Crippen LogP contribution in [0.1, 0.15) is 24.0 Å². The number of nitrogens with zero attached hydrogens (tertiary/aromatic N) is 2. The summed E-state index contributed by atoms with van der Waals surface area (Å²) in [6.45, 7) is 1.01. The quantitative estimate of drug-likeness (QED) is 0.536. The van der Waals surface area contributed by atoms with Crippen LogP contribution in [0.5, 0.6) is 0 Å². The summed E-state index contributed by atoms with van der Waals surface area (Å²) in [5.41, 5.74) is 2.77. The highest BCUT2D eigenvalue weighted by molar-refractivity contribution is 6.30. The fourth-order valence-electron chi connectivity index (χ4n) is 3.14. The predicted octanol–water partition coefficient (Wildman–Crippen LogP) is 5.42. The molecule has 0 N–H and O–H groups in total. The van der Waals surface area contributed by atoms with E-state index < -0.39 is 0 Å². The standard InChI is InChI=1S/C21H23ClN2/c22-21-11-9-19(10-12-21)15-20(16-24-14-13-23-17-24)8-4-7-18-5-2-1-3-6-18/h1-3,5-6,9-14,17,20H,4,7-8,15-16H2. The Kier molecular flexibility index (Phi) is 6.08. The highest BCUT2D eigenvalue weighted by Gasteiger charge is 2.11. The van der Waals surface area contributed by atoms with Crippen LogP contribution < -0.4 is 0 Å². The molecule has 2 nitrogen and oxygen atoms in total. The first-order valence-electron chi connectivity index (χ1n) is 8.54. The normalized spacial score (nSPS) is 12.2. The number of benzene rings is 2. The molecular weight excluding hydrogens is 316 g/mol. The largest absolute Gasteiger partial charge is 0.337 e. The molecule has 0 bridgehead atoms. The van der Waals surface area contributed by atoms with Crippen LogP contribution >= 0.6 is 11.6 Å². The second-order valence-corrected chi connectivity index (χ2v) is 6.77. The van der Waals surface area contributed by atoms with Gasteiger partial charge in [-0.05, 0) is 54.9 Å². The van der Waals surface area contributed by atoms with Gasteiger partial charge in [0.1, 0.15) is 0 Å². The summed E-state index contributed by atoms with van der Waals surface area (Å²) in [7, 11) is 0. The van der Waals surface area contributed by atoms with E-state index >= 15 is 0 Å². The van der Waals surface area contributed by atoms with Crippen molar-refractivity contribution in [3.8, 4) is 0 Å². The molecule has 3 rings (SSSR count). The van der Waals surface area contributed by atoms with Crippen molar-refractivity contribution in [2.24, 2.45) is 5.92 Å². The van der Waals surface area contributed by atoms with Gasteiger partial charge in [-0.3, -0.25) is 0 Å². The van der Waals surface area contributed by atoms with Crippen LogP contribution in [0.3, 0.4) is 0 Å². The second-order valence-electron chi connectivity index (χ2n) is 6.33. The molecule has 0 saturated heterocycles. The maximum Gasteiger partial charge on any atom is 0.0945 e. The molecule has 24 heavy (non-hydrogen) atoms. The van der Waals surface area contributed by atoms with Crippen LogP contribution in [0, 0.1) is 5.92 Å². The van der Waals surface area contributed by atoms with E-state index in [2.05, 4.69) is 52.0 Å². The van der Waals surface area contributed by atoms with E-state index in [1.165, 1.54) is 24.0 Å². The van der Waals surface area contributed by atoms with Crippen molar-refractivity contribution in [2.45, 2.75) is 32.2 Å². The van der Waals surface area contributed by atoms with Crippen molar-refractivity contribution < 1.29 is 0 Å². The van der Waals surface area contributed by atoms with Crippen LogP contribution in [-0.2, 0) is 19.4 Å². The second kappa shape index (κ2) is 8.70. The minimum atomic E-state index is 0.601. The molecule has 0 saturated carbocycles. The Morgan fingerprint density at radius 2 is 1.75 bits per heavy atom. The molecule has 0 radical (unpaired) electrons. The zero-order valence-corrected chi connectivity index (χ0v) is 14.6. The lowest BCUT2D eigenvalue weighted by Gasteiger charge is -2.18. The molecule has 1 unspecified atom stereocenters. The molecule has 3 heteroatoms. The molecular formula is C21H23ClN2. The summed E-state index contributed by atoms with van der Waals surface area (Å²) >= 11 is 6.00. The Hall–Kier alpha value is -2.06. The zero-order valence-electron chi connectivity index (χ0n) is 13.8. The van der Waals surface area contributed by atoms with E-state index in [1.54, 1.807) is 0 Å². The first-order chi connectivity index (χ1) is 11.8. The number of aromatic nitrogens is 2. The summed E-state index contributed by atoms with van der Waals surface area (Å²) in [5.74, 6) is 0.601. The highest BCUT2D eigenvalue weighted by atomic mass is 35.5. The van der Waals surface area contributed by atoms with Gasteiger partial charge >= 0.3 is 0 Å². The van der Waals surface area contributed by atoms with E-state index in [9.17, 15) is 0 Å². The maximum absolute atomic E-state index is 6.00. The predicted molar refractivity (Wildman–Crippen MR) is 100 cm³/mol. The van der Waals surface area contributed by atoms with Crippen LogP contribution in [0.25, 0.3) is 0 Å². The van der Waals surface area contributed by atoms with Crippen LogP contribution in [0.4, 0.5) is 0 Å². The lowest BCUT2D eigenvalue weighted by Crippen LogP contribution is -2.13. The van der Waals surface area contributed by atoms with Gasteiger partial charge in [-0.25, -0.2) is 4.98 Å². The van der Waals surface area contributed by atoms with Gasteiger partial charge in [0.15, 0.2) is 0 Å². The number of rotatable bonds is 8. The van der Waals surface area contributed by atoms with Crippen molar-refractivity contribution in [3.05, 3.63) is 89.5 Å². The smallest absolute Gasteiger partial charge is 0.0945 e. The third-order valence-electron chi connectivity index (χ3n) is 4.39. The number of imidazole rings is 1. The average Bonchev–Trinajstić information content (AvgIpc) is 3.11. The summed E-state index contributed by atoms with van der Waals surface area (Å²) in [4.78, 5) is 4.17. The summed E-state index contributed by atoms with van der Waals surface area (Å²) in [6, 6.07) is 19.0. The summed E-state index contributed by atoms with van der Waals surface area (Å²) in [5, 5.41) is 0.800. The molecule has 1 aromatic heterocycles. The number of hydrogen-bond acceptors (Lipinski definition) is 1. The van der Waals surface area contributed by atoms with Crippen molar-refractivity contribution >= 4 is 11.6 Å². The summed E-state index contributed by atoms with van der Waals surface area (Å²) < 4.78 is 2.18. The lowest BCUT2D eigenvalue weighted by atomic mass is 9.93. The minimum absolute atomic E-state index is 0.601. The van der Waals surface area contributed by atoms with Crippen LogP contribution in [0.2, 0.25) is 5.02 Å². The van der Waals surface area contributed by atoms with E-state index in [0.717, 1.165) is 24.4 Å². The van der Waals surface area contributed by atoms with Gasteiger partial charge in [-0.1, -0.05) is 54.1 Å². The summed E-state index contributed by atoms with van der Waals surface area (Å²) in [6.07, 6.45) is 10.4. The topological polar surface area (TPSA) is 17.8 Å². The number of halogens is 1. The van der Waals surface area contributed by atoms with E-state index in [1.807, 2.05) is 30.9 Å². The molecule has 0 spiro atoms. The molecule has 2 aromatic carbocycles. The van der Waals surface area contributed by atoms with Gasteiger partial charge in [-0.15, -0.1) is 0 Å². The first-order valence-corrected chi connectivity index (χ1v) is 8.91. The van der Waals surface area contributed by atoms with Crippen molar-refractivity contribution in [1.29, 1.82) is 0 Å². The third-order valence-corrected chi connectivity index (χ3v) is 4.64. The third kappa shape index (κ3) is 5.24. The molecule has 0 fully saturated rings. The fraction of sp³-hybridized carbons (Fsp3) is 0.286. The molecule has 1 atom stereocenters. The Labute approximate surface area is 149 Å². The lowest BCUT2D eigenvalue weighted by molar-refractivity contribution is 0.401.